The molecular weight excluding hydrogens is 224 g/mol. The highest BCUT2D eigenvalue weighted by atomic mass is 16.5. The predicted molar refractivity (Wildman–Crippen MR) is 74.1 cm³/mol. The lowest BCUT2D eigenvalue weighted by Gasteiger charge is -2.22. The van der Waals surface area contributed by atoms with Crippen LogP contribution >= 0.6 is 0 Å². The number of aromatic amines is 1. The molecule has 1 aromatic carbocycles. The third-order valence-electron chi connectivity index (χ3n) is 3.61. The maximum absolute atomic E-state index is 5.54. The molecule has 2 aromatic rings. The summed E-state index contributed by atoms with van der Waals surface area (Å²) in [5, 5.41) is 4.81. The van der Waals surface area contributed by atoms with Crippen LogP contribution in [0.2, 0.25) is 0 Å². The first-order valence-electron chi connectivity index (χ1n) is 6.85. The zero-order valence-corrected chi connectivity index (χ0v) is 10.8. The second-order valence-electron chi connectivity index (χ2n) is 4.91. The smallest absolute Gasteiger partial charge is 0.120 e. The number of nitrogens with one attached hydrogen (secondary N) is 2. The van der Waals surface area contributed by atoms with Gasteiger partial charge in [0.2, 0.25) is 0 Å². The molecule has 2 N–H and O–H groups in total. The van der Waals surface area contributed by atoms with E-state index in [-0.39, 0.29) is 0 Å². The maximum atomic E-state index is 5.54. The van der Waals surface area contributed by atoms with Crippen molar-refractivity contribution in [3.05, 3.63) is 30.0 Å². The Morgan fingerprint density at radius 1 is 1.28 bits per heavy atom. The topological polar surface area (TPSA) is 37.0 Å². The lowest BCUT2D eigenvalue weighted by Crippen LogP contribution is -2.26. The molecule has 1 unspecified atom stereocenters. The lowest BCUT2D eigenvalue weighted by molar-refractivity contribution is 0.341. The molecule has 96 valence electrons. The summed E-state index contributed by atoms with van der Waals surface area (Å²) in [6.45, 7) is 3.86. The van der Waals surface area contributed by atoms with E-state index in [0.29, 0.717) is 12.6 Å². The van der Waals surface area contributed by atoms with Crippen LogP contribution in [0.15, 0.2) is 24.3 Å². The van der Waals surface area contributed by atoms with Crippen LogP contribution in [0, 0.1) is 0 Å². The molecule has 0 saturated carbocycles. The largest absolute Gasteiger partial charge is 0.494 e. The highest BCUT2D eigenvalue weighted by Gasteiger charge is 2.16. The standard InChI is InChI=1S/C15H20N2O/c1-2-18-12-6-7-13-11(9-12)10-15(17-13)14-5-3-4-8-16-14/h6-7,9-10,14,16-17H,2-5,8H2,1H3. The molecule has 1 atom stereocenters. The SMILES string of the molecule is CCOc1ccc2[nH]c(C3CCCCN3)cc2c1. The number of aromatic nitrogens is 1. The Kier molecular flexibility index (Phi) is 3.24. The summed E-state index contributed by atoms with van der Waals surface area (Å²) in [6.07, 6.45) is 3.84. The van der Waals surface area contributed by atoms with Crippen molar-refractivity contribution in [2.45, 2.75) is 32.2 Å². The summed E-state index contributed by atoms with van der Waals surface area (Å²) in [5.74, 6) is 0.951. The van der Waals surface area contributed by atoms with Gasteiger partial charge in [-0.1, -0.05) is 6.42 Å². The Balaban J connectivity index is 1.89. The summed E-state index contributed by atoms with van der Waals surface area (Å²) < 4.78 is 5.54. The number of rotatable bonds is 3. The van der Waals surface area contributed by atoms with Crippen molar-refractivity contribution in [2.75, 3.05) is 13.2 Å². The molecule has 0 aliphatic carbocycles. The molecule has 18 heavy (non-hydrogen) atoms. The Labute approximate surface area is 108 Å². The van der Waals surface area contributed by atoms with Crippen molar-refractivity contribution in [2.24, 2.45) is 0 Å². The minimum Gasteiger partial charge on any atom is -0.494 e. The number of piperidine rings is 1. The molecule has 0 spiro atoms. The molecule has 3 rings (SSSR count). The number of hydrogen-bond donors (Lipinski definition) is 2. The minimum atomic E-state index is 0.488. The average Bonchev–Trinajstić information content (AvgIpc) is 2.83. The molecule has 1 aromatic heterocycles. The van der Waals surface area contributed by atoms with Crippen LogP contribution < -0.4 is 10.1 Å². The van der Waals surface area contributed by atoms with Crippen molar-refractivity contribution in [1.29, 1.82) is 0 Å². The summed E-state index contributed by atoms with van der Waals surface area (Å²) in [7, 11) is 0. The Morgan fingerprint density at radius 3 is 3.00 bits per heavy atom. The summed E-state index contributed by atoms with van der Waals surface area (Å²) in [6, 6.07) is 8.98. The van der Waals surface area contributed by atoms with E-state index in [4.69, 9.17) is 4.74 Å². The fourth-order valence-electron chi connectivity index (χ4n) is 2.69. The van der Waals surface area contributed by atoms with Gasteiger partial charge in [0.15, 0.2) is 0 Å². The van der Waals surface area contributed by atoms with E-state index >= 15 is 0 Å². The van der Waals surface area contributed by atoms with Gasteiger partial charge in [-0.15, -0.1) is 0 Å². The van der Waals surface area contributed by atoms with Gasteiger partial charge >= 0.3 is 0 Å². The van der Waals surface area contributed by atoms with E-state index in [1.807, 2.05) is 13.0 Å². The lowest BCUT2D eigenvalue weighted by atomic mass is 10.0. The molecule has 1 fully saturated rings. The third kappa shape index (κ3) is 2.23. The van der Waals surface area contributed by atoms with Crippen molar-refractivity contribution in [1.82, 2.24) is 10.3 Å². The van der Waals surface area contributed by atoms with Crippen LogP contribution in [-0.2, 0) is 0 Å². The van der Waals surface area contributed by atoms with E-state index < -0.39 is 0 Å². The van der Waals surface area contributed by atoms with Crippen LogP contribution in [0.5, 0.6) is 5.75 Å². The van der Waals surface area contributed by atoms with Gasteiger partial charge in [0.25, 0.3) is 0 Å². The Bertz CT molecular complexity index is 526. The van der Waals surface area contributed by atoms with Crippen LogP contribution in [0.4, 0.5) is 0 Å². The van der Waals surface area contributed by atoms with Crippen molar-refractivity contribution < 1.29 is 4.74 Å². The van der Waals surface area contributed by atoms with Gasteiger partial charge < -0.3 is 15.0 Å². The highest BCUT2D eigenvalue weighted by molar-refractivity contribution is 5.82. The van der Waals surface area contributed by atoms with Crippen LogP contribution in [0.1, 0.15) is 37.9 Å². The molecule has 0 radical (unpaired) electrons. The fraction of sp³-hybridized carbons (Fsp3) is 0.467. The van der Waals surface area contributed by atoms with Crippen molar-refractivity contribution >= 4 is 10.9 Å². The third-order valence-corrected chi connectivity index (χ3v) is 3.61. The Hall–Kier alpha value is -1.48. The maximum Gasteiger partial charge on any atom is 0.120 e. The highest BCUT2D eigenvalue weighted by Crippen LogP contribution is 2.27. The molecule has 0 bridgehead atoms. The van der Waals surface area contributed by atoms with E-state index in [9.17, 15) is 0 Å². The second-order valence-corrected chi connectivity index (χ2v) is 4.91. The molecule has 3 nitrogen and oxygen atoms in total. The van der Waals surface area contributed by atoms with Gasteiger partial charge in [0.1, 0.15) is 5.75 Å². The molecule has 1 aliphatic heterocycles. The van der Waals surface area contributed by atoms with Crippen LogP contribution in [0.25, 0.3) is 10.9 Å². The number of hydrogen-bond acceptors (Lipinski definition) is 2. The quantitative estimate of drug-likeness (QED) is 0.868. The van der Waals surface area contributed by atoms with Gasteiger partial charge in [0.05, 0.1) is 6.61 Å². The molecule has 2 heterocycles. The number of fused-ring (bicyclic) bond motifs is 1. The summed E-state index contributed by atoms with van der Waals surface area (Å²) >= 11 is 0. The van der Waals surface area contributed by atoms with Crippen LogP contribution in [-0.4, -0.2) is 18.1 Å². The molecule has 1 saturated heterocycles. The van der Waals surface area contributed by atoms with Crippen molar-refractivity contribution in [3.8, 4) is 5.75 Å². The monoisotopic (exact) mass is 244 g/mol. The molecule has 1 aliphatic rings. The molecular formula is C15H20N2O. The Morgan fingerprint density at radius 2 is 2.22 bits per heavy atom. The van der Waals surface area contributed by atoms with E-state index in [1.165, 1.54) is 35.9 Å². The van der Waals surface area contributed by atoms with Gasteiger partial charge in [-0.25, -0.2) is 0 Å². The van der Waals surface area contributed by atoms with E-state index in [0.717, 1.165) is 12.3 Å². The first-order valence-corrected chi connectivity index (χ1v) is 6.85. The first-order chi connectivity index (χ1) is 8.86. The van der Waals surface area contributed by atoms with Gasteiger partial charge in [-0.2, -0.15) is 0 Å². The number of H-pyrrole nitrogens is 1. The number of ether oxygens (including phenoxy) is 1. The van der Waals surface area contributed by atoms with Gasteiger partial charge in [0, 0.05) is 22.6 Å². The minimum absolute atomic E-state index is 0.488. The summed E-state index contributed by atoms with van der Waals surface area (Å²) in [5.41, 5.74) is 2.50. The molecule has 3 heteroatoms. The predicted octanol–water partition coefficient (Wildman–Crippen LogP) is 3.38. The zero-order chi connectivity index (χ0) is 12.4. The zero-order valence-electron chi connectivity index (χ0n) is 10.8. The summed E-state index contributed by atoms with van der Waals surface area (Å²) in [4.78, 5) is 3.52. The van der Waals surface area contributed by atoms with Crippen LogP contribution in [0.3, 0.4) is 0 Å². The van der Waals surface area contributed by atoms with Crippen molar-refractivity contribution in [3.63, 3.8) is 0 Å². The molecule has 0 amide bonds. The second kappa shape index (κ2) is 5.02. The van der Waals surface area contributed by atoms with E-state index in [2.05, 4.69) is 28.5 Å². The van der Waals surface area contributed by atoms with Gasteiger partial charge in [-0.3, -0.25) is 0 Å². The normalized spacial score (nSPS) is 20.2. The first kappa shape index (κ1) is 11.6. The average molecular weight is 244 g/mol. The fourth-order valence-corrected chi connectivity index (χ4v) is 2.69. The van der Waals surface area contributed by atoms with Gasteiger partial charge in [-0.05, 0) is 50.6 Å². The number of benzene rings is 1. The van der Waals surface area contributed by atoms with E-state index in [1.54, 1.807) is 0 Å².